The van der Waals surface area contributed by atoms with Crippen LogP contribution >= 0.6 is 0 Å². The Morgan fingerprint density at radius 2 is 1.35 bits per heavy atom. The summed E-state index contributed by atoms with van der Waals surface area (Å²) in [6, 6.07) is 25.5. The molecule has 0 aliphatic rings. The molecule has 1 N–H and O–H groups in total. The van der Waals surface area contributed by atoms with E-state index in [-0.39, 0.29) is 17.1 Å². The molecule has 0 atom stereocenters. The number of aromatic hydroxyl groups is 1. The van der Waals surface area contributed by atoms with Crippen LogP contribution in [0.2, 0.25) is 0 Å². The molecule has 0 saturated heterocycles. The third-order valence-electron chi connectivity index (χ3n) is 3.15. The topological polar surface area (TPSA) is 46.5 Å². The van der Waals surface area contributed by atoms with Crippen molar-refractivity contribution in [2.24, 2.45) is 0 Å². The van der Waals surface area contributed by atoms with Crippen LogP contribution in [0.4, 0.5) is 0 Å². The number of hydrogen-bond acceptors (Lipinski definition) is 3. The monoisotopic (exact) mass is 306 g/mol. The summed E-state index contributed by atoms with van der Waals surface area (Å²) in [5, 5.41) is 9.75. The first-order valence-electron chi connectivity index (χ1n) is 7.19. The number of phenols is 1. The van der Waals surface area contributed by atoms with Gasteiger partial charge in [-0.15, -0.1) is 0 Å². The summed E-state index contributed by atoms with van der Waals surface area (Å²) < 4.78 is 4.96. The van der Waals surface area contributed by atoms with Gasteiger partial charge in [0.15, 0.2) is 5.78 Å². The van der Waals surface area contributed by atoms with Gasteiger partial charge < -0.3 is 9.84 Å². The lowest BCUT2D eigenvalue weighted by molar-refractivity contribution is 0.103. The highest BCUT2D eigenvalue weighted by atomic mass is 16.5. The highest BCUT2D eigenvalue weighted by Gasteiger charge is 2.13. The van der Waals surface area contributed by atoms with Crippen molar-refractivity contribution in [3.63, 3.8) is 0 Å². The first-order valence-corrected chi connectivity index (χ1v) is 7.19. The maximum atomic E-state index is 12.1. The molecule has 0 aromatic heterocycles. The molecular weight excluding hydrogens is 288 g/mol. The van der Waals surface area contributed by atoms with E-state index in [1.54, 1.807) is 36.4 Å². The molecule has 3 heteroatoms. The fourth-order valence-electron chi connectivity index (χ4n) is 1.96. The van der Waals surface area contributed by atoms with E-state index in [9.17, 15) is 9.90 Å². The van der Waals surface area contributed by atoms with Crippen LogP contribution in [-0.2, 0) is 0 Å². The van der Waals surface area contributed by atoms with E-state index >= 15 is 0 Å². The van der Waals surface area contributed by atoms with Gasteiger partial charge in [-0.3, -0.25) is 4.79 Å². The summed E-state index contributed by atoms with van der Waals surface area (Å²) in [7, 11) is 1.51. The number of ether oxygens (including phenoxy) is 1. The molecule has 0 spiro atoms. The van der Waals surface area contributed by atoms with E-state index in [2.05, 4.69) is 0 Å². The van der Waals surface area contributed by atoms with E-state index < -0.39 is 0 Å². The molecule has 0 aliphatic heterocycles. The van der Waals surface area contributed by atoms with Crippen LogP contribution in [0, 0.1) is 0 Å². The lowest BCUT2D eigenvalue weighted by Gasteiger charge is -2.06. The molecule has 0 bridgehead atoms. The van der Waals surface area contributed by atoms with Gasteiger partial charge in [0.2, 0.25) is 0 Å². The van der Waals surface area contributed by atoms with Crippen LogP contribution in [0.15, 0.2) is 84.9 Å². The summed E-state index contributed by atoms with van der Waals surface area (Å²) in [5.41, 5.74) is 0.824. The minimum atomic E-state index is -0.203. The molecule has 0 fully saturated rings. The Morgan fingerprint density at radius 1 is 0.826 bits per heavy atom. The Labute approximate surface area is 135 Å². The molecule has 3 aromatic carbocycles. The number of methoxy groups -OCH3 is 1. The quantitative estimate of drug-likeness (QED) is 0.733. The minimum Gasteiger partial charge on any atom is -0.507 e. The Bertz CT molecular complexity index is 711. The van der Waals surface area contributed by atoms with E-state index in [0.29, 0.717) is 11.3 Å². The van der Waals surface area contributed by atoms with Crippen molar-refractivity contribution in [1.82, 2.24) is 0 Å². The van der Waals surface area contributed by atoms with Crippen LogP contribution in [-0.4, -0.2) is 18.0 Å². The largest absolute Gasteiger partial charge is 0.507 e. The second kappa shape index (κ2) is 8.39. The maximum absolute atomic E-state index is 12.1. The van der Waals surface area contributed by atoms with Crippen molar-refractivity contribution >= 4 is 5.78 Å². The highest BCUT2D eigenvalue weighted by Crippen LogP contribution is 2.25. The highest BCUT2D eigenvalue weighted by molar-refractivity contribution is 6.10. The number of rotatable bonds is 3. The van der Waals surface area contributed by atoms with Gasteiger partial charge in [-0.1, -0.05) is 66.7 Å². The number of carbonyl (C=O) groups excluding carboxylic acids is 1. The van der Waals surface area contributed by atoms with Gasteiger partial charge >= 0.3 is 0 Å². The molecule has 116 valence electrons. The smallest absolute Gasteiger partial charge is 0.196 e. The van der Waals surface area contributed by atoms with Gasteiger partial charge in [-0.2, -0.15) is 0 Å². The minimum absolute atomic E-state index is 0.0711. The molecule has 23 heavy (non-hydrogen) atoms. The standard InChI is InChI=1S/C14H12O3.C6H6/c1-17-11-7-8-12(13(15)9-11)14(16)10-5-3-2-4-6-10;1-2-4-6-5-3-1/h2-9,15H,1H3;1-6H. The zero-order valence-corrected chi connectivity index (χ0v) is 12.8. The molecule has 0 saturated carbocycles. The van der Waals surface area contributed by atoms with Crippen molar-refractivity contribution in [1.29, 1.82) is 0 Å². The van der Waals surface area contributed by atoms with Crippen molar-refractivity contribution in [2.45, 2.75) is 0 Å². The van der Waals surface area contributed by atoms with Crippen LogP contribution in [0.3, 0.4) is 0 Å². The Kier molecular flexibility index (Phi) is 5.95. The van der Waals surface area contributed by atoms with Gasteiger partial charge in [0.25, 0.3) is 0 Å². The molecule has 0 radical (unpaired) electrons. The number of hydrogen-bond donors (Lipinski definition) is 1. The van der Waals surface area contributed by atoms with E-state index in [4.69, 9.17) is 4.74 Å². The van der Waals surface area contributed by atoms with E-state index in [0.717, 1.165) is 0 Å². The second-order valence-electron chi connectivity index (χ2n) is 4.73. The van der Waals surface area contributed by atoms with Crippen molar-refractivity contribution < 1.29 is 14.6 Å². The number of benzene rings is 3. The fourth-order valence-corrected chi connectivity index (χ4v) is 1.96. The van der Waals surface area contributed by atoms with Crippen molar-refractivity contribution in [3.05, 3.63) is 96.1 Å². The Hall–Kier alpha value is -3.07. The van der Waals surface area contributed by atoms with Gasteiger partial charge in [-0.05, 0) is 12.1 Å². The van der Waals surface area contributed by atoms with Crippen LogP contribution in [0.1, 0.15) is 15.9 Å². The normalized spacial score (nSPS) is 9.43. The van der Waals surface area contributed by atoms with Crippen molar-refractivity contribution in [2.75, 3.05) is 7.11 Å². The van der Waals surface area contributed by atoms with Crippen LogP contribution in [0.25, 0.3) is 0 Å². The molecule has 0 unspecified atom stereocenters. The lowest BCUT2D eigenvalue weighted by Crippen LogP contribution is -2.01. The molecule has 0 heterocycles. The summed E-state index contributed by atoms with van der Waals surface area (Å²) >= 11 is 0. The molecule has 0 amide bonds. The zero-order chi connectivity index (χ0) is 16.5. The molecular formula is C20H18O3. The number of ketones is 1. The van der Waals surface area contributed by atoms with E-state index in [1.807, 2.05) is 42.5 Å². The first kappa shape index (κ1) is 16.3. The zero-order valence-electron chi connectivity index (χ0n) is 12.8. The molecule has 0 aliphatic carbocycles. The summed E-state index contributed by atoms with van der Waals surface area (Å²) in [4.78, 5) is 12.1. The Balaban J connectivity index is 0.000000268. The summed E-state index contributed by atoms with van der Waals surface area (Å²) in [5.74, 6) is 0.246. The number of phenolic OH excluding ortho intramolecular Hbond substituents is 1. The molecule has 3 aromatic rings. The predicted molar refractivity (Wildman–Crippen MR) is 91.0 cm³/mol. The second-order valence-corrected chi connectivity index (χ2v) is 4.73. The molecule has 3 nitrogen and oxygen atoms in total. The van der Waals surface area contributed by atoms with Gasteiger partial charge in [0.05, 0.1) is 12.7 Å². The average Bonchev–Trinajstić information content (AvgIpc) is 2.64. The first-order chi connectivity index (χ1) is 11.2. The van der Waals surface area contributed by atoms with Crippen molar-refractivity contribution in [3.8, 4) is 11.5 Å². The molecule has 3 rings (SSSR count). The number of carbonyl (C=O) groups is 1. The van der Waals surface area contributed by atoms with Gasteiger partial charge in [-0.25, -0.2) is 0 Å². The summed E-state index contributed by atoms with van der Waals surface area (Å²) in [6.07, 6.45) is 0. The Morgan fingerprint density at radius 3 is 1.83 bits per heavy atom. The van der Waals surface area contributed by atoms with Crippen LogP contribution < -0.4 is 4.74 Å². The third kappa shape index (κ3) is 4.71. The van der Waals surface area contributed by atoms with Crippen LogP contribution in [0.5, 0.6) is 11.5 Å². The maximum Gasteiger partial charge on any atom is 0.196 e. The SMILES string of the molecule is COc1ccc(C(=O)c2ccccc2)c(O)c1.c1ccccc1. The lowest BCUT2D eigenvalue weighted by atomic mass is 10.0. The fraction of sp³-hybridized carbons (Fsp3) is 0.0500. The van der Waals surface area contributed by atoms with E-state index in [1.165, 1.54) is 13.2 Å². The van der Waals surface area contributed by atoms with Gasteiger partial charge in [0.1, 0.15) is 11.5 Å². The summed E-state index contributed by atoms with van der Waals surface area (Å²) in [6.45, 7) is 0. The predicted octanol–water partition coefficient (Wildman–Crippen LogP) is 4.32. The van der Waals surface area contributed by atoms with Gasteiger partial charge in [0, 0.05) is 11.6 Å². The third-order valence-corrected chi connectivity index (χ3v) is 3.15. The average molecular weight is 306 g/mol.